The van der Waals surface area contributed by atoms with Gasteiger partial charge >= 0.3 is 5.97 Å². The molecule has 0 aliphatic rings. The van der Waals surface area contributed by atoms with Gasteiger partial charge in [-0.05, 0) is 43.5 Å². The van der Waals surface area contributed by atoms with Crippen molar-refractivity contribution >= 4 is 29.3 Å². The summed E-state index contributed by atoms with van der Waals surface area (Å²) < 4.78 is 6.92. The fourth-order valence-electron chi connectivity index (χ4n) is 2.57. The van der Waals surface area contributed by atoms with Crippen LogP contribution in [0.25, 0.3) is 22.3 Å². The third-order valence-electron chi connectivity index (χ3n) is 3.93. The zero-order valence-corrected chi connectivity index (χ0v) is 16.5. The fraction of sp³-hybridized carbons (Fsp3) is 0.190. The number of likely N-dealkylation sites (N-methyl/N-ethyl adjacent to an activating group) is 1. The highest BCUT2D eigenvalue weighted by Crippen LogP contribution is 2.28. The number of hydrogen-bond donors (Lipinski definition) is 1. The van der Waals surface area contributed by atoms with Crippen LogP contribution in [-0.4, -0.2) is 34.3 Å². The highest BCUT2D eigenvalue weighted by Gasteiger charge is 2.16. The summed E-state index contributed by atoms with van der Waals surface area (Å²) in [4.78, 5) is 24.8. The Labute approximate surface area is 167 Å². The summed E-state index contributed by atoms with van der Waals surface area (Å²) in [6, 6.07) is 13.7. The van der Waals surface area contributed by atoms with E-state index in [2.05, 4.69) is 10.4 Å². The van der Waals surface area contributed by atoms with Gasteiger partial charge in [0.2, 0.25) is 0 Å². The van der Waals surface area contributed by atoms with Crippen LogP contribution in [-0.2, 0) is 14.3 Å². The van der Waals surface area contributed by atoms with E-state index in [1.54, 1.807) is 29.0 Å². The summed E-state index contributed by atoms with van der Waals surface area (Å²) in [6.07, 6.45) is 4.00. The number of esters is 1. The van der Waals surface area contributed by atoms with Gasteiger partial charge in [-0.2, -0.15) is 5.10 Å². The van der Waals surface area contributed by atoms with Crippen molar-refractivity contribution in [2.75, 3.05) is 6.54 Å². The van der Waals surface area contributed by atoms with Crippen LogP contribution in [0.2, 0.25) is 0 Å². The number of nitrogens with zero attached hydrogens (tertiary/aromatic N) is 2. The van der Waals surface area contributed by atoms with Crippen molar-refractivity contribution in [2.24, 2.45) is 0 Å². The average molecular weight is 395 g/mol. The molecule has 0 aliphatic carbocycles. The summed E-state index contributed by atoms with van der Waals surface area (Å²) in [6.45, 7) is 3.84. The van der Waals surface area contributed by atoms with Crippen LogP contribution in [0.4, 0.5) is 0 Å². The van der Waals surface area contributed by atoms with Crippen LogP contribution in [0.15, 0.2) is 60.1 Å². The molecule has 1 N–H and O–H groups in total. The lowest BCUT2D eigenvalue weighted by molar-refractivity contribution is -0.150. The molecule has 0 aliphatic heterocycles. The minimum absolute atomic E-state index is 0.319. The molecule has 0 spiro atoms. The number of rotatable bonds is 7. The van der Waals surface area contributed by atoms with Gasteiger partial charge in [0, 0.05) is 24.4 Å². The molecule has 6 nitrogen and oxygen atoms in total. The topological polar surface area (TPSA) is 73.2 Å². The molecule has 0 bridgehead atoms. The second-order valence-electron chi connectivity index (χ2n) is 6.00. The van der Waals surface area contributed by atoms with Crippen molar-refractivity contribution in [3.05, 3.63) is 65.7 Å². The van der Waals surface area contributed by atoms with E-state index in [9.17, 15) is 9.59 Å². The third kappa shape index (κ3) is 4.75. The van der Waals surface area contributed by atoms with Crippen LogP contribution < -0.4 is 5.32 Å². The van der Waals surface area contributed by atoms with Gasteiger partial charge in [0.1, 0.15) is 5.69 Å². The second-order valence-corrected chi connectivity index (χ2v) is 6.95. The van der Waals surface area contributed by atoms with E-state index < -0.39 is 12.1 Å². The molecule has 3 aromatic rings. The molecule has 0 fully saturated rings. The van der Waals surface area contributed by atoms with E-state index in [1.807, 2.05) is 61.0 Å². The Kier molecular flexibility index (Phi) is 6.39. The first-order valence-corrected chi connectivity index (χ1v) is 9.82. The number of carbonyl (C=O) groups excluding carboxylic acids is 2. The lowest BCUT2D eigenvalue weighted by Gasteiger charge is -2.10. The quantitative estimate of drug-likeness (QED) is 0.489. The van der Waals surface area contributed by atoms with Crippen LogP contribution in [0.1, 0.15) is 19.4 Å². The molecule has 28 heavy (non-hydrogen) atoms. The number of amides is 1. The zero-order chi connectivity index (χ0) is 19.9. The molecule has 2 heterocycles. The molecule has 144 valence electrons. The molecular weight excluding hydrogens is 374 g/mol. The SMILES string of the molecule is CCNC(=O)[C@@H](C)OC(=O)/C=C/c1cn(-c2ccccc2)nc1-c1cccs1. The molecule has 1 atom stereocenters. The van der Waals surface area contributed by atoms with Crippen molar-refractivity contribution < 1.29 is 14.3 Å². The summed E-state index contributed by atoms with van der Waals surface area (Å²) in [7, 11) is 0. The van der Waals surface area contributed by atoms with Crippen LogP contribution in [0.5, 0.6) is 0 Å². The standard InChI is InChI=1S/C21H21N3O3S/c1-3-22-21(26)15(2)27-19(25)12-11-16-14-24(17-8-5-4-6-9-17)23-20(16)18-10-7-13-28-18/h4-15H,3H2,1-2H3,(H,22,26)/b12-11+/t15-/m1/s1. The van der Waals surface area contributed by atoms with Gasteiger partial charge < -0.3 is 10.1 Å². The number of carbonyl (C=O) groups is 2. The maximum Gasteiger partial charge on any atom is 0.331 e. The number of ether oxygens (including phenoxy) is 1. The first-order chi connectivity index (χ1) is 13.6. The smallest absolute Gasteiger partial charge is 0.331 e. The van der Waals surface area contributed by atoms with E-state index in [0.29, 0.717) is 6.54 Å². The van der Waals surface area contributed by atoms with Crippen LogP contribution >= 0.6 is 11.3 Å². The number of thiophene rings is 1. The summed E-state index contributed by atoms with van der Waals surface area (Å²) in [5.41, 5.74) is 2.49. The van der Waals surface area contributed by atoms with Crippen molar-refractivity contribution in [1.82, 2.24) is 15.1 Å². The van der Waals surface area contributed by atoms with Gasteiger partial charge in [-0.25, -0.2) is 9.48 Å². The highest BCUT2D eigenvalue weighted by atomic mass is 32.1. The first kappa shape index (κ1) is 19.6. The van der Waals surface area contributed by atoms with E-state index in [4.69, 9.17) is 4.74 Å². The fourth-order valence-corrected chi connectivity index (χ4v) is 3.30. The van der Waals surface area contributed by atoms with Crippen LogP contribution in [0, 0.1) is 0 Å². The van der Waals surface area contributed by atoms with Crippen LogP contribution in [0.3, 0.4) is 0 Å². The Balaban J connectivity index is 1.82. The molecule has 0 unspecified atom stereocenters. The van der Waals surface area contributed by atoms with Crippen molar-refractivity contribution in [1.29, 1.82) is 0 Å². The first-order valence-electron chi connectivity index (χ1n) is 8.94. The Bertz CT molecular complexity index is 962. The summed E-state index contributed by atoms with van der Waals surface area (Å²) in [5, 5.41) is 9.27. The van der Waals surface area contributed by atoms with Crippen molar-refractivity contribution in [3.8, 4) is 16.3 Å². The summed E-state index contributed by atoms with van der Waals surface area (Å²) >= 11 is 1.57. The molecular formula is C21H21N3O3S. The Morgan fingerprint density at radius 1 is 1.25 bits per heavy atom. The van der Waals surface area contributed by atoms with Gasteiger partial charge in [0.15, 0.2) is 6.10 Å². The Hall–Kier alpha value is -3.19. The molecule has 7 heteroatoms. The zero-order valence-electron chi connectivity index (χ0n) is 15.7. The molecule has 3 rings (SSSR count). The molecule has 0 saturated carbocycles. The number of hydrogen-bond acceptors (Lipinski definition) is 5. The van der Waals surface area contributed by atoms with E-state index in [0.717, 1.165) is 21.8 Å². The Morgan fingerprint density at radius 2 is 2.04 bits per heavy atom. The molecule has 2 aromatic heterocycles. The maximum absolute atomic E-state index is 12.1. The normalized spacial score (nSPS) is 12.1. The number of para-hydroxylation sites is 1. The molecule has 0 saturated heterocycles. The minimum atomic E-state index is -0.846. The summed E-state index contributed by atoms with van der Waals surface area (Å²) in [5.74, 6) is -0.899. The molecule has 1 aromatic carbocycles. The molecule has 0 radical (unpaired) electrons. The number of nitrogens with one attached hydrogen (secondary N) is 1. The van der Waals surface area contributed by atoms with Gasteiger partial charge in [-0.1, -0.05) is 24.3 Å². The predicted molar refractivity (Wildman–Crippen MR) is 110 cm³/mol. The predicted octanol–water partition coefficient (Wildman–Crippen LogP) is 3.68. The number of benzene rings is 1. The lowest BCUT2D eigenvalue weighted by atomic mass is 10.2. The van der Waals surface area contributed by atoms with Crippen molar-refractivity contribution in [3.63, 3.8) is 0 Å². The van der Waals surface area contributed by atoms with Gasteiger partial charge in [0.05, 0.1) is 10.6 Å². The second kappa shape index (κ2) is 9.14. The lowest BCUT2D eigenvalue weighted by Crippen LogP contribution is -2.35. The van der Waals surface area contributed by atoms with E-state index >= 15 is 0 Å². The number of aromatic nitrogens is 2. The average Bonchev–Trinajstić information content (AvgIpc) is 3.37. The Morgan fingerprint density at radius 3 is 2.71 bits per heavy atom. The maximum atomic E-state index is 12.1. The van der Waals surface area contributed by atoms with Crippen molar-refractivity contribution in [2.45, 2.75) is 20.0 Å². The van der Waals surface area contributed by atoms with E-state index in [-0.39, 0.29) is 5.91 Å². The van der Waals surface area contributed by atoms with E-state index in [1.165, 1.54) is 6.08 Å². The molecule has 1 amide bonds. The van der Waals surface area contributed by atoms with Gasteiger partial charge in [-0.3, -0.25) is 4.79 Å². The van der Waals surface area contributed by atoms with Gasteiger partial charge in [-0.15, -0.1) is 11.3 Å². The third-order valence-corrected chi connectivity index (χ3v) is 4.81. The van der Waals surface area contributed by atoms with Gasteiger partial charge in [0.25, 0.3) is 5.91 Å². The monoisotopic (exact) mass is 395 g/mol. The highest BCUT2D eigenvalue weighted by molar-refractivity contribution is 7.13. The minimum Gasteiger partial charge on any atom is -0.449 e. The largest absolute Gasteiger partial charge is 0.449 e.